The number of ether oxygens (including phenoxy) is 1. The van der Waals surface area contributed by atoms with E-state index in [9.17, 15) is 5.11 Å². The lowest BCUT2D eigenvalue weighted by Crippen LogP contribution is -1.98. The molecule has 1 heterocycles. The van der Waals surface area contributed by atoms with Crippen LogP contribution in [0.5, 0.6) is 11.5 Å². The number of benzene rings is 1. The monoisotopic (exact) mass is 355 g/mol. The summed E-state index contributed by atoms with van der Waals surface area (Å²) >= 11 is 2.24. The van der Waals surface area contributed by atoms with Gasteiger partial charge in [-0.25, -0.2) is 0 Å². The van der Waals surface area contributed by atoms with Gasteiger partial charge in [-0.1, -0.05) is 13.0 Å². The van der Waals surface area contributed by atoms with Gasteiger partial charge in [-0.2, -0.15) is 0 Å². The van der Waals surface area contributed by atoms with Gasteiger partial charge in [0.1, 0.15) is 11.5 Å². The summed E-state index contributed by atoms with van der Waals surface area (Å²) in [5, 5.41) is 9.64. The predicted octanol–water partition coefficient (Wildman–Crippen LogP) is 3.92. The summed E-state index contributed by atoms with van der Waals surface area (Å²) in [6.07, 6.45) is 1.79. The lowest BCUT2D eigenvalue weighted by Gasteiger charge is -2.09. The number of halogens is 1. The van der Waals surface area contributed by atoms with Gasteiger partial charge < -0.3 is 9.84 Å². The minimum Gasteiger partial charge on any atom is -0.456 e. The second-order valence-corrected chi connectivity index (χ2v) is 5.15. The molecule has 0 saturated heterocycles. The summed E-state index contributed by atoms with van der Waals surface area (Å²) in [4.78, 5) is 4.19. The molecule has 0 amide bonds. The van der Waals surface area contributed by atoms with Crippen LogP contribution in [0.25, 0.3) is 0 Å². The Morgan fingerprint density at radius 3 is 2.72 bits per heavy atom. The molecular formula is C14H14INO2. The molecule has 3 nitrogen and oxygen atoms in total. The van der Waals surface area contributed by atoms with Crippen molar-refractivity contribution in [3.63, 3.8) is 0 Å². The van der Waals surface area contributed by atoms with Crippen LogP contribution in [0.1, 0.15) is 25.1 Å². The molecule has 0 aliphatic heterocycles. The van der Waals surface area contributed by atoms with Gasteiger partial charge in [0.25, 0.3) is 0 Å². The Labute approximate surface area is 120 Å². The average Bonchev–Trinajstić information content (AvgIpc) is 2.39. The number of aliphatic hydroxyl groups excluding tert-OH is 1. The molecule has 0 aliphatic rings. The molecule has 1 N–H and O–H groups in total. The number of rotatable bonds is 4. The van der Waals surface area contributed by atoms with Crippen molar-refractivity contribution < 1.29 is 9.84 Å². The number of pyridine rings is 1. The third-order valence-electron chi connectivity index (χ3n) is 2.52. The molecule has 18 heavy (non-hydrogen) atoms. The SMILES string of the molecule is CC[C@@H](O)c1ccc(Oc2cccc(I)c2)cn1. The smallest absolute Gasteiger partial charge is 0.145 e. The van der Waals surface area contributed by atoms with E-state index < -0.39 is 6.10 Å². The summed E-state index contributed by atoms with van der Waals surface area (Å²) in [6, 6.07) is 11.4. The quantitative estimate of drug-likeness (QED) is 0.846. The van der Waals surface area contributed by atoms with Gasteiger partial charge in [-0.05, 0) is 59.3 Å². The number of aromatic nitrogens is 1. The third-order valence-corrected chi connectivity index (χ3v) is 3.19. The van der Waals surface area contributed by atoms with Crippen LogP contribution in [-0.2, 0) is 0 Å². The van der Waals surface area contributed by atoms with Gasteiger partial charge in [0.15, 0.2) is 0 Å². The molecule has 1 atom stereocenters. The Kier molecular flexibility index (Phi) is 4.54. The van der Waals surface area contributed by atoms with Crippen LogP contribution in [-0.4, -0.2) is 10.1 Å². The van der Waals surface area contributed by atoms with E-state index in [0.717, 1.165) is 9.32 Å². The van der Waals surface area contributed by atoms with E-state index in [1.165, 1.54) is 0 Å². The van der Waals surface area contributed by atoms with E-state index in [-0.39, 0.29) is 0 Å². The van der Waals surface area contributed by atoms with Crippen molar-refractivity contribution in [3.8, 4) is 11.5 Å². The van der Waals surface area contributed by atoms with Crippen LogP contribution in [0.3, 0.4) is 0 Å². The van der Waals surface area contributed by atoms with Crippen molar-refractivity contribution in [2.24, 2.45) is 0 Å². The summed E-state index contributed by atoms with van der Waals surface area (Å²) in [6.45, 7) is 1.92. The van der Waals surface area contributed by atoms with E-state index >= 15 is 0 Å². The van der Waals surface area contributed by atoms with E-state index in [4.69, 9.17) is 4.74 Å². The largest absolute Gasteiger partial charge is 0.456 e. The molecule has 0 fully saturated rings. The molecule has 0 unspecified atom stereocenters. The molecule has 1 aromatic carbocycles. The van der Waals surface area contributed by atoms with Gasteiger partial charge >= 0.3 is 0 Å². The van der Waals surface area contributed by atoms with Gasteiger partial charge in [0, 0.05) is 3.57 Å². The van der Waals surface area contributed by atoms with Gasteiger partial charge in [-0.15, -0.1) is 0 Å². The number of aliphatic hydroxyl groups is 1. The first kappa shape index (κ1) is 13.3. The maximum atomic E-state index is 9.64. The minimum absolute atomic E-state index is 0.503. The van der Waals surface area contributed by atoms with Crippen LogP contribution < -0.4 is 4.74 Å². The first-order valence-electron chi connectivity index (χ1n) is 5.76. The van der Waals surface area contributed by atoms with Crippen molar-refractivity contribution in [3.05, 3.63) is 51.9 Å². The summed E-state index contributed by atoms with van der Waals surface area (Å²) in [5.74, 6) is 1.46. The summed E-state index contributed by atoms with van der Waals surface area (Å²) in [5.41, 5.74) is 0.674. The topological polar surface area (TPSA) is 42.4 Å². The molecule has 0 aliphatic carbocycles. The normalized spacial score (nSPS) is 12.2. The van der Waals surface area contributed by atoms with Crippen molar-refractivity contribution in [1.29, 1.82) is 0 Å². The van der Waals surface area contributed by atoms with Gasteiger partial charge in [0.2, 0.25) is 0 Å². The molecule has 0 saturated carbocycles. The van der Waals surface area contributed by atoms with E-state index in [1.807, 2.05) is 37.3 Å². The summed E-state index contributed by atoms with van der Waals surface area (Å²) < 4.78 is 6.80. The Bertz CT molecular complexity index is 513. The Morgan fingerprint density at radius 2 is 2.11 bits per heavy atom. The first-order chi connectivity index (χ1) is 8.69. The van der Waals surface area contributed by atoms with Crippen molar-refractivity contribution in [2.75, 3.05) is 0 Å². The fourth-order valence-electron chi connectivity index (χ4n) is 1.52. The lowest BCUT2D eigenvalue weighted by molar-refractivity contribution is 0.169. The highest BCUT2D eigenvalue weighted by atomic mass is 127. The van der Waals surface area contributed by atoms with Crippen LogP contribution in [0.15, 0.2) is 42.6 Å². The highest BCUT2D eigenvalue weighted by Gasteiger charge is 2.06. The maximum absolute atomic E-state index is 9.64. The fourth-order valence-corrected chi connectivity index (χ4v) is 2.04. The Hall–Kier alpha value is -1.14. The molecule has 1 aromatic heterocycles. The zero-order valence-corrected chi connectivity index (χ0v) is 12.2. The van der Waals surface area contributed by atoms with Crippen LogP contribution >= 0.6 is 22.6 Å². The predicted molar refractivity (Wildman–Crippen MR) is 78.7 cm³/mol. The molecule has 2 rings (SSSR count). The van der Waals surface area contributed by atoms with Crippen LogP contribution in [0.2, 0.25) is 0 Å². The van der Waals surface area contributed by atoms with Crippen molar-refractivity contribution in [1.82, 2.24) is 4.98 Å². The van der Waals surface area contributed by atoms with Crippen LogP contribution in [0.4, 0.5) is 0 Å². The molecular weight excluding hydrogens is 341 g/mol. The number of hydrogen-bond acceptors (Lipinski definition) is 3. The lowest BCUT2D eigenvalue weighted by atomic mass is 10.2. The standard InChI is InChI=1S/C14H14INO2/c1-2-14(17)13-7-6-12(9-16-13)18-11-5-3-4-10(15)8-11/h3-9,14,17H,2H2,1H3/t14-/m1/s1. The maximum Gasteiger partial charge on any atom is 0.145 e. The van der Waals surface area contributed by atoms with Crippen molar-refractivity contribution >= 4 is 22.6 Å². The highest BCUT2D eigenvalue weighted by molar-refractivity contribution is 14.1. The zero-order valence-electron chi connectivity index (χ0n) is 10.0. The first-order valence-corrected chi connectivity index (χ1v) is 6.84. The summed E-state index contributed by atoms with van der Waals surface area (Å²) in [7, 11) is 0. The van der Waals surface area contributed by atoms with E-state index in [0.29, 0.717) is 17.9 Å². The Morgan fingerprint density at radius 1 is 1.28 bits per heavy atom. The van der Waals surface area contributed by atoms with Crippen LogP contribution in [0, 0.1) is 3.57 Å². The number of hydrogen-bond donors (Lipinski definition) is 1. The fraction of sp³-hybridized carbons (Fsp3) is 0.214. The van der Waals surface area contributed by atoms with Gasteiger partial charge in [0.05, 0.1) is 18.0 Å². The zero-order chi connectivity index (χ0) is 13.0. The molecule has 0 radical (unpaired) electrons. The Balaban J connectivity index is 2.11. The van der Waals surface area contributed by atoms with E-state index in [2.05, 4.69) is 27.6 Å². The molecule has 94 valence electrons. The molecule has 0 spiro atoms. The molecule has 0 bridgehead atoms. The minimum atomic E-state index is -0.503. The average molecular weight is 355 g/mol. The van der Waals surface area contributed by atoms with Crippen molar-refractivity contribution in [2.45, 2.75) is 19.4 Å². The number of nitrogens with zero attached hydrogens (tertiary/aromatic N) is 1. The van der Waals surface area contributed by atoms with E-state index in [1.54, 1.807) is 12.3 Å². The molecule has 4 heteroatoms. The molecule has 2 aromatic rings. The van der Waals surface area contributed by atoms with Gasteiger partial charge in [-0.3, -0.25) is 4.98 Å². The second kappa shape index (κ2) is 6.15. The second-order valence-electron chi connectivity index (χ2n) is 3.90. The highest BCUT2D eigenvalue weighted by Crippen LogP contribution is 2.23. The third kappa shape index (κ3) is 3.43.